The van der Waals surface area contributed by atoms with Crippen LogP contribution in [0.5, 0.6) is 0 Å². The lowest BCUT2D eigenvalue weighted by Gasteiger charge is -2.37. The molecule has 0 aromatic heterocycles. The van der Waals surface area contributed by atoms with Crippen LogP contribution in [0.4, 0.5) is 11.4 Å². The number of rotatable bonds is 4. The first-order chi connectivity index (χ1) is 13.0. The molecular weight excluding hydrogens is 342 g/mol. The minimum absolute atomic E-state index is 0.178. The molecular formula is C21H25N3O3. The Kier molecular flexibility index (Phi) is 5.64. The number of amides is 1. The molecule has 1 fully saturated rings. The van der Waals surface area contributed by atoms with Gasteiger partial charge in [-0.05, 0) is 37.6 Å². The Morgan fingerprint density at radius 2 is 1.67 bits per heavy atom. The van der Waals surface area contributed by atoms with E-state index in [1.165, 1.54) is 0 Å². The van der Waals surface area contributed by atoms with Gasteiger partial charge in [0, 0.05) is 37.6 Å². The van der Waals surface area contributed by atoms with Crippen LogP contribution < -0.4 is 10.6 Å². The Balaban J connectivity index is 1.56. The molecule has 3 rings (SSSR count). The number of carbonyl (C=O) groups is 2. The van der Waals surface area contributed by atoms with E-state index in [4.69, 9.17) is 10.5 Å². The van der Waals surface area contributed by atoms with Crippen LogP contribution >= 0.6 is 0 Å². The van der Waals surface area contributed by atoms with Crippen molar-refractivity contribution in [1.82, 2.24) is 4.90 Å². The van der Waals surface area contributed by atoms with Crippen molar-refractivity contribution >= 4 is 23.3 Å². The predicted octanol–water partition coefficient (Wildman–Crippen LogP) is 2.47. The van der Waals surface area contributed by atoms with Gasteiger partial charge in [0.1, 0.15) is 0 Å². The summed E-state index contributed by atoms with van der Waals surface area (Å²) in [5, 5.41) is 0. The lowest BCUT2D eigenvalue weighted by atomic mass is 10.1. The molecule has 0 spiro atoms. The molecule has 2 aromatic carbocycles. The number of piperazine rings is 1. The van der Waals surface area contributed by atoms with Gasteiger partial charge in [0.15, 0.2) is 6.10 Å². The molecule has 1 aliphatic heterocycles. The number of anilines is 2. The summed E-state index contributed by atoms with van der Waals surface area (Å²) in [6.07, 6.45) is -0.847. The number of carbonyl (C=O) groups excluding carboxylic acids is 2. The van der Waals surface area contributed by atoms with Crippen LogP contribution in [0.2, 0.25) is 0 Å². The van der Waals surface area contributed by atoms with E-state index in [9.17, 15) is 9.59 Å². The normalized spacial score (nSPS) is 15.3. The molecule has 1 amide bonds. The highest BCUT2D eigenvalue weighted by Gasteiger charge is 2.28. The average molecular weight is 367 g/mol. The van der Waals surface area contributed by atoms with E-state index in [0.29, 0.717) is 24.3 Å². The van der Waals surface area contributed by atoms with Gasteiger partial charge in [-0.1, -0.05) is 30.3 Å². The highest BCUT2D eigenvalue weighted by molar-refractivity contribution is 5.97. The Labute approximate surface area is 159 Å². The summed E-state index contributed by atoms with van der Waals surface area (Å²) < 4.78 is 5.37. The van der Waals surface area contributed by atoms with Crippen LogP contribution in [0.1, 0.15) is 22.8 Å². The molecule has 2 aromatic rings. The SMILES string of the molecule is Cc1cccc(C(=O)O[C@H](C)C(=O)N2CCN(c3ccccc3)CC2)c1N. The Morgan fingerprint density at radius 3 is 2.33 bits per heavy atom. The number of hydrogen-bond acceptors (Lipinski definition) is 5. The molecule has 2 N–H and O–H groups in total. The first-order valence-corrected chi connectivity index (χ1v) is 9.12. The van der Waals surface area contributed by atoms with E-state index in [-0.39, 0.29) is 5.91 Å². The van der Waals surface area contributed by atoms with E-state index >= 15 is 0 Å². The van der Waals surface area contributed by atoms with Gasteiger partial charge in [0.25, 0.3) is 5.91 Å². The van der Waals surface area contributed by atoms with E-state index in [1.807, 2.05) is 31.2 Å². The third-order valence-corrected chi connectivity index (χ3v) is 4.89. The first kappa shape index (κ1) is 18.8. The van der Waals surface area contributed by atoms with E-state index in [2.05, 4.69) is 17.0 Å². The molecule has 27 heavy (non-hydrogen) atoms. The zero-order valence-electron chi connectivity index (χ0n) is 15.7. The maximum atomic E-state index is 12.7. The number of benzene rings is 2. The summed E-state index contributed by atoms with van der Waals surface area (Å²) in [5.74, 6) is -0.748. The van der Waals surface area contributed by atoms with Crippen LogP contribution in [0.3, 0.4) is 0 Å². The number of para-hydroxylation sites is 2. The van der Waals surface area contributed by atoms with Gasteiger partial charge < -0.3 is 20.3 Å². The zero-order chi connectivity index (χ0) is 19.4. The molecule has 142 valence electrons. The molecule has 1 atom stereocenters. The summed E-state index contributed by atoms with van der Waals surface area (Å²) in [6, 6.07) is 15.3. The van der Waals surface area contributed by atoms with Crippen molar-refractivity contribution in [2.24, 2.45) is 0 Å². The second kappa shape index (κ2) is 8.12. The lowest BCUT2D eigenvalue weighted by Crippen LogP contribution is -2.51. The summed E-state index contributed by atoms with van der Waals surface area (Å²) in [5.41, 5.74) is 8.59. The fourth-order valence-corrected chi connectivity index (χ4v) is 3.21. The largest absolute Gasteiger partial charge is 0.449 e. The molecule has 1 aliphatic rings. The third-order valence-electron chi connectivity index (χ3n) is 4.89. The van der Waals surface area contributed by atoms with Gasteiger partial charge in [0.05, 0.1) is 5.56 Å². The fraction of sp³-hybridized carbons (Fsp3) is 0.333. The number of ether oxygens (including phenoxy) is 1. The zero-order valence-corrected chi connectivity index (χ0v) is 15.7. The fourth-order valence-electron chi connectivity index (χ4n) is 3.21. The molecule has 0 bridgehead atoms. The maximum Gasteiger partial charge on any atom is 0.341 e. The topological polar surface area (TPSA) is 75.9 Å². The summed E-state index contributed by atoms with van der Waals surface area (Å²) in [6.45, 7) is 6.13. The molecule has 1 heterocycles. The van der Waals surface area contributed by atoms with Crippen LogP contribution in [0.15, 0.2) is 48.5 Å². The van der Waals surface area contributed by atoms with Crippen LogP contribution in [-0.2, 0) is 9.53 Å². The van der Waals surface area contributed by atoms with Crippen LogP contribution in [-0.4, -0.2) is 49.1 Å². The second-order valence-corrected chi connectivity index (χ2v) is 6.73. The van der Waals surface area contributed by atoms with Crippen molar-refractivity contribution in [3.05, 3.63) is 59.7 Å². The standard InChI is InChI=1S/C21H25N3O3/c1-15-7-6-10-18(19(15)22)21(26)27-16(2)20(25)24-13-11-23(12-14-24)17-8-4-3-5-9-17/h3-10,16H,11-14,22H2,1-2H3/t16-/m1/s1. The number of nitrogens with two attached hydrogens (primary N) is 1. The van der Waals surface area contributed by atoms with E-state index in [1.54, 1.807) is 24.0 Å². The average Bonchev–Trinajstić information content (AvgIpc) is 2.70. The monoisotopic (exact) mass is 367 g/mol. The first-order valence-electron chi connectivity index (χ1n) is 9.12. The van der Waals surface area contributed by atoms with Crippen molar-refractivity contribution in [2.75, 3.05) is 36.8 Å². The number of aryl methyl sites for hydroxylation is 1. The highest BCUT2D eigenvalue weighted by Crippen LogP contribution is 2.19. The number of hydrogen-bond donors (Lipinski definition) is 1. The molecule has 6 nitrogen and oxygen atoms in total. The number of nitrogens with zero attached hydrogens (tertiary/aromatic N) is 2. The molecule has 0 aliphatic carbocycles. The Hall–Kier alpha value is -3.02. The Morgan fingerprint density at radius 1 is 1.00 bits per heavy atom. The van der Waals surface area contributed by atoms with Gasteiger partial charge >= 0.3 is 5.97 Å². The molecule has 6 heteroatoms. The molecule has 0 unspecified atom stereocenters. The van der Waals surface area contributed by atoms with Gasteiger partial charge in [0.2, 0.25) is 0 Å². The minimum atomic E-state index is -0.847. The number of esters is 1. The van der Waals surface area contributed by atoms with Crippen LogP contribution in [0.25, 0.3) is 0 Å². The summed E-state index contributed by atoms with van der Waals surface area (Å²) >= 11 is 0. The summed E-state index contributed by atoms with van der Waals surface area (Å²) in [4.78, 5) is 29.0. The molecule has 0 saturated carbocycles. The van der Waals surface area contributed by atoms with Crippen molar-refractivity contribution < 1.29 is 14.3 Å². The van der Waals surface area contributed by atoms with Gasteiger partial charge in [-0.2, -0.15) is 0 Å². The van der Waals surface area contributed by atoms with Gasteiger partial charge in [-0.15, -0.1) is 0 Å². The van der Waals surface area contributed by atoms with Crippen molar-refractivity contribution in [1.29, 1.82) is 0 Å². The highest BCUT2D eigenvalue weighted by atomic mass is 16.5. The molecule has 0 radical (unpaired) electrons. The second-order valence-electron chi connectivity index (χ2n) is 6.73. The van der Waals surface area contributed by atoms with Crippen molar-refractivity contribution in [3.63, 3.8) is 0 Å². The van der Waals surface area contributed by atoms with Gasteiger partial charge in [-0.25, -0.2) is 4.79 Å². The minimum Gasteiger partial charge on any atom is -0.449 e. The predicted molar refractivity (Wildman–Crippen MR) is 106 cm³/mol. The summed E-state index contributed by atoms with van der Waals surface area (Å²) in [7, 11) is 0. The lowest BCUT2D eigenvalue weighted by molar-refractivity contribution is -0.140. The smallest absolute Gasteiger partial charge is 0.341 e. The number of nitrogen functional groups attached to an aromatic ring is 1. The third kappa shape index (κ3) is 4.22. The van der Waals surface area contributed by atoms with Gasteiger partial charge in [-0.3, -0.25) is 4.79 Å². The van der Waals surface area contributed by atoms with Crippen molar-refractivity contribution in [2.45, 2.75) is 20.0 Å². The van der Waals surface area contributed by atoms with E-state index < -0.39 is 12.1 Å². The van der Waals surface area contributed by atoms with Crippen LogP contribution in [0, 0.1) is 6.92 Å². The quantitative estimate of drug-likeness (QED) is 0.664. The molecule has 1 saturated heterocycles. The maximum absolute atomic E-state index is 12.7. The van der Waals surface area contributed by atoms with E-state index in [0.717, 1.165) is 24.3 Å². The van der Waals surface area contributed by atoms with Crippen molar-refractivity contribution in [3.8, 4) is 0 Å². The Bertz CT molecular complexity index is 815.